The van der Waals surface area contributed by atoms with E-state index in [0.717, 1.165) is 0 Å². The van der Waals surface area contributed by atoms with Crippen molar-refractivity contribution < 1.29 is 41.9 Å². The van der Waals surface area contributed by atoms with Crippen LogP contribution in [0.2, 0.25) is 0 Å². The minimum absolute atomic E-state index is 0.0205. The van der Waals surface area contributed by atoms with E-state index in [1.54, 1.807) is 0 Å². The number of rotatable bonds is 10. The highest BCUT2D eigenvalue weighted by Crippen LogP contribution is 2.31. The van der Waals surface area contributed by atoms with Crippen molar-refractivity contribution in [1.29, 1.82) is 0 Å². The Morgan fingerprint density at radius 3 is 2.79 bits per heavy atom. The van der Waals surface area contributed by atoms with E-state index in [1.807, 2.05) is 0 Å². The van der Waals surface area contributed by atoms with Gasteiger partial charge in [-0.15, -0.1) is 11.6 Å². The van der Waals surface area contributed by atoms with Crippen molar-refractivity contribution >= 4 is 44.9 Å². The molecule has 15 nitrogen and oxygen atoms in total. The largest absolute Gasteiger partial charge is 0.449 e. The molecule has 1 aliphatic rings. The molecule has 0 radical (unpaired) electrons. The zero-order valence-corrected chi connectivity index (χ0v) is 19.3. The summed E-state index contributed by atoms with van der Waals surface area (Å²) in [4.78, 5) is 45.2. The van der Waals surface area contributed by atoms with E-state index in [4.69, 9.17) is 16.3 Å². The fourth-order valence-electron chi connectivity index (χ4n) is 3.14. The van der Waals surface area contributed by atoms with Crippen molar-refractivity contribution in [2.45, 2.75) is 44.3 Å². The van der Waals surface area contributed by atoms with Crippen LogP contribution in [0.15, 0.2) is 11.1 Å². The van der Waals surface area contributed by atoms with Crippen LogP contribution >= 0.6 is 11.6 Å². The van der Waals surface area contributed by atoms with E-state index in [-0.39, 0.29) is 48.1 Å². The number of H-pyrrole nitrogens is 1. The number of carbonyl (C=O) groups is 2. The van der Waals surface area contributed by atoms with Crippen molar-refractivity contribution in [3.8, 4) is 0 Å². The predicted octanol–water partition coefficient (Wildman–Crippen LogP) is -1.38. The second kappa shape index (κ2) is 10.7. The van der Waals surface area contributed by atoms with Gasteiger partial charge in [0.25, 0.3) is 5.56 Å². The zero-order chi connectivity index (χ0) is 25.0. The molecule has 1 fully saturated rings. The van der Waals surface area contributed by atoms with Crippen molar-refractivity contribution in [3.05, 3.63) is 22.5 Å². The molecule has 0 saturated carbocycles. The third-order valence-corrected chi connectivity index (χ3v) is 5.90. The number of carbonyl (C=O) groups excluding carboxylic acids is 2. The van der Waals surface area contributed by atoms with Gasteiger partial charge in [-0.2, -0.15) is 13.1 Å². The Morgan fingerprint density at radius 1 is 1.35 bits per heavy atom. The van der Waals surface area contributed by atoms with Crippen LogP contribution in [0.3, 0.4) is 0 Å². The molecule has 34 heavy (non-hydrogen) atoms. The van der Waals surface area contributed by atoms with Gasteiger partial charge >= 0.3 is 16.4 Å². The van der Waals surface area contributed by atoms with Gasteiger partial charge in [-0.25, -0.2) is 14.8 Å². The van der Waals surface area contributed by atoms with Crippen molar-refractivity contribution in [3.63, 3.8) is 0 Å². The number of aryl methyl sites for hydroxylation is 1. The predicted molar refractivity (Wildman–Crippen MR) is 113 cm³/mol. The van der Waals surface area contributed by atoms with Gasteiger partial charge in [0.1, 0.15) is 29.9 Å². The van der Waals surface area contributed by atoms with Gasteiger partial charge in [0, 0.05) is 6.42 Å². The first-order valence-corrected chi connectivity index (χ1v) is 11.8. The van der Waals surface area contributed by atoms with Crippen LogP contribution < -0.4 is 10.3 Å². The Kier molecular flexibility index (Phi) is 8.21. The molecule has 0 aromatic carbocycles. The highest BCUT2D eigenvalue weighted by Gasteiger charge is 2.45. The van der Waals surface area contributed by atoms with Gasteiger partial charge in [0.15, 0.2) is 17.4 Å². The number of imidazole rings is 1. The number of ketones is 1. The van der Waals surface area contributed by atoms with Crippen LogP contribution in [0.4, 0.5) is 4.79 Å². The maximum Gasteiger partial charge on any atom is 0.422 e. The van der Waals surface area contributed by atoms with Gasteiger partial charge in [-0.1, -0.05) is 0 Å². The van der Waals surface area contributed by atoms with Gasteiger partial charge in [-0.3, -0.25) is 18.3 Å². The molecular formula is C17H22ClN5O10S. The molecule has 4 atom stereocenters. The number of amides is 1. The number of aromatic nitrogens is 4. The lowest BCUT2D eigenvalue weighted by Crippen LogP contribution is -2.38. The second-order valence-electron chi connectivity index (χ2n) is 7.27. The Morgan fingerprint density at radius 2 is 2.09 bits per heavy atom. The van der Waals surface area contributed by atoms with Crippen LogP contribution in [0, 0.1) is 6.92 Å². The van der Waals surface area contributed by atoms with Crippen molar-refractivity contribution in [2.24, 2.45) is 0 Å². The summed E-state index contributed by atoms with van der Waals surface area (Å²) in [6, 6.07) is 0. The van der Waals surface area contributed by atoms with Crippen molar-refractivity contribution in [2.75, 3.05) is 19.1 Å². The molecule has 1 amide bonds. The maximum atomic E-state index is 12.0. The molecule has 4 N–H and O–H groups in total. The number of nitrogens with zero attached hydrogens (tertiary/aromatic N) is 3. The highest BCUT2D eigenvalue weighted by molar-refractivity contribution is 7.85. The fraction of sp³-hybridized carbons (Fsp3) is 0.588. The van der Waals surface area contributed by atoms with Gasteiger partial charge in [0.05, 0.1) is 25.4 Å². The van der Waals surface area contributed by atoms with E-state index < -0.39 is 53.1 Å². The normalized spacial score (nSPS) is 22.7. The van der Waals surface area contributed by atoms with Crippen LogP contribution in [0.5, 0.6) is 0 Å². The molecule has 1 saturated heterocycles. The average Bonchev–Trinajstić information content (AvgIpc) is 3.30. The third kappa shape index (κ3) is 6.08. The number of hydrogen-bond acceptors (Lipinski definition) is 12. The van der Waals surface area contributed by atoms with Gasteiger partial charge in [0.2, 0.25) is 0 Å². The minimum Gasteiger partial charge on any atom is -0.449 e. The first kappa shape index (κ1) is 26.0. The second-order valence-corrected chi connectivity index (χ2v) is 8.89. The lowest BCUT2D eigenvalue weighted by Gasteiger charge is -2.16. The molecule has 0 spiro atoms. The Labute approximate surface area is 197 Å². The fourth-order valence-corrected chi connectivity index (χ4v) is 3.91. The number of nitrogens with one attached hydrogen (secondary N) is 2. The third-order valence-electron chi connectivity index (χ3n) is 4.74. The molecule has 188 valence electrons. The lowest BCUT2D eigenvalue weighted by molar-refractivity contribution is -0.117. The molecule has 0 unspecified atom stereocenters. The molecule has 0 bridgehead atoms. The molecule has 2 aromatic heterocycles. The number of aromatic amines is 1. The number of Topliss-reactive ketones (excluding diaryl/α,β-unsaturated/α-hetero) is 1. The summed E-state index contributed by atoms with van der Waals surface area (Å²) in [5.41, 5.74) is -0.444. The number of fused-ring (bicyclic) bond motifs is 1. The van der Waals surface area contributed by atoms with E-state index in [0.29, 0.717) is 0 Å². The first-order valence-electron chi connectivity index (χ1n) is 9.89. The van der Waals surface area contributed by atoms with Gasteiger partial charge in [-0.05, 0) is 13.3 Å². The SMILES string of the molecule is Cc1nc2c(ncn2[C@@H]2O[C@H](COS(=O)(=O)NC(=O)OCCCC(=O)CCl)[C@@H](O)[C@H]2O)c(=O)[nH]1. The average molecular weight is 524 g/mol. The molecule has 1 aliphatic heterocycles. The van der Waals surface area contributed by atoms with E-state index in [2.05, 4.69) is 23.9 Å². The van der Waals surface area contributed by atoms with E-state index in [9.17, 15) is 33.0 Å². The van der Waals surface area contributed by atoms with E-state index in [1.165, 1.54) is 22.5 Å². The monoisotopic (exact) mass is 523 g/mol. The number of halogens is 1. The summed E-state index contributed by atoms with van der Waals surface area (Å²) < 4.78 is 41.5. The Hall–Kier alpha value is -2.63. The van der Waals surface area contributed by atoms with Crippen molar-refractivity contribution in [1.82, 2.24) is 24.2 Å². The number of aliphatic hydroxyl groups excluding tert-OH is 2. The first-order chi connectivity index (χ1) is 16.0. The molecule has 3 heterocycles. The molecular weight excluding hydrogens is 502 g/mol. The lowest BCUT2D eigenvalue weighted by atomic mass is 10.1. The quantitative estimate of drug-likeness (QED) is 0.209. The van der Waals surface area contributed by atoms with Crippen LogP contribution in [-0.4, -0.2) is 87.4 Å². The Bertz CT molecular complexity index is 1210. The molecule has 0 aliphatic carbocycles. The summed E-state index contributed by atoms with van der Waals surface area (Å²) >= 11 is 5.33. The number of hydrogen-bond donors (Lipinski definition) is 4. The van der Waals surface area contributed by atoms with Crippen LogP contribution in [0.1, 0.15) is 24.9 Å². The molecule has 17 heteroatoms. The summed E-state index contributed by atoms with van der Waals surface area (Å²) in [6.07, 6.45) is -5.61. The summed E-state index contributed by atoms with van der Waals surface area (Å²) in [6.45, 7) is 0.552. The smallest absolute Gasteiger partial charge is 0.422 e. The minimum atomic E-state index is -4.65. The zero-order valence-electron chi connectivity index (χ0n) is 17.7. The Balaban J connectivity index is 1.57. The maximum absolute atomic E-state index is 12.0. The topological polar surface area (TPSA) is 212 Å². The van der Waals surface area contributed by atoms with Gasteiger partial charge < -0.3 is 24.7 Å². The standard InChI is InChI=1S/C17H22ClN5O10S/c1-8-20-14-11(15(27)21-8)19-7-23(14)16-13(26)12(25)10(33-16)6-32-34(29,30)22-17(28)31-4-2-3-9(24)5-18/h7,10,12-13,16,25-26H,2-6H2,1H3,(H,22,28)(H,20,21,27)/t10-,12-,13-,16-/m1/s1. The summed E-state index contributed by atoms with van der Waals surface area (Å²) in [5, 5.41) is 20.7. The number of aliphatic hydroxyl groups is 2. The molecule has 3 rings (SSSR count). The number of alkyl halides is 1. The number of ether oxygens (including phenoxy) is 2. The summed E-state index contributed by atoms with van der Waals surface area (Å²) in [5.74, 6) is -0.148. The van der Waals surface area contributed by atoms with Crippen LogP contribution in [-0.2, 0) is 28.8 Å². The van der Waals surface area contributed by atoms with E-state index >= 15 is 0 Å². The molecule has 2 aromatic rings. The summed E-state index contributed by atoms with van der Waals surface area (Å²) in [7, 11) is -4.65. The van der Waals surface area contributed by atoms with Crippen LogP contribution in [0.25, 0.3) is 11.2 Å². The highest BCUT2D eigenvalue weighted by atomic mass is 35.5.